The Bertz CT molecular complexity index is 203. The Balaban J connectivity index is 2.42. The molecule has 0 unspecified atom stereocenters. The van der Waals surface area contributed by atoms with Crippen molar-refractivity contribution in [1.82, 2.24) is 4.98 Å². The minimum absolute atomic E-state index is 0.00278. The van der Waals surface area contributed by atoms with Gasteiger partial charge in [-0.15, -0.1) is 0 Å². The number of ether oxygens (including phenoxy) is 1. The maximum absolute atomic E-state index is 8.35. The van der Waals surface area contributed by atoms with E-state index in [-0.39, 0.29) is 13.2 Å². The second-order valence-corrected chi connectivity index (χ2v) is 2.72. The summed E-state index contributed by atoms with van der Waals surface area (Å²) in [6.45, 7) is 0.265. The van der Waals surface area contributed by atoms with E-state index in [9.17, 15) is 0 Å². The molecule has 1 aromatic heterocycles. The van der Waals surface area contributed by atoms with Crippen LogP contribution in [0.15, 0.2) is 5.38 Å². The van der Waals surface area contributed by atoms with E-state index in [1.54, 1.807) is 5.38 Å². The second-order valence-electron chi connectivity index (χ2n) is 1.51. The Labute approximate surface area is 67.2 Å². The van der Waals surface area contributed by atoms with Gasteiger partial charge in [0.15, 0.2) is 0 Å². The third-order valence-electron chi connectivity index (χ3n) is 0.772. The summed E-state index contributed by atoms with van der Waals surface area (Å²) in [6.07, 6.45) is 0. The van der Waals surface area contributed by atoms with E-state index in [1.165, 1.54) is 11.3 Å². The highest BCUT2D eigenvalue weighted by atomic mass is 35.5. The molecule has 0 aliphatic rings. The molecule has 0 aliphatic carbocycles. The Morgan fingerprint density at radius 1 is 1.80 bits per heavy atom. The lowest BCUT2D eigenvalue weighted by atomic mass is 10.8. The topological polar surface area (TPSA) is 42.4 Å². The number of aliphatic hydroxyl groups is 1. The van der Waals surface area contributed by atoms with Crippen LogP contribution in [0, 0.1) is 0 Å². The van der Waals surface area contributed by atoms with Crippen molar-refractivity contribution in [2.24, 2.45) is 0 Å². The molecule has 0 fully saturated rings. The first-order valence-electron chi connectivity index (χ1n) is 2.67. The number of aromatic nitrogens is 1. The molecule has 0 aliphatic heterocycles. The number of aliphatic hydroxyl groups excluding tert-OH is 1. The van der Waals surface area contributed by atoms with E-state index >= 15 is 0 Å². The fourth-order valence-corrected chi connectivity index (χ4v) is 1.25. The van der Waals surface area contributed by atoms with Gasteiger partial charge in [0.1, 0.15) is 11.8 Å². The summed E-state index contributed by atoms with van der Waals surface area (Å²) < 4.78 is 4.95. The fourth-order valence-electron chi connectivity index (χ4n) is 0.438. The minimum Gasteiger partial charge on any atom is -0.468 e. The lowest BCUT2D eigenvalue weighted by molar-refractivity contribution is 0.201. The first kappa shape index (κ1) is 7.78. The SMILES string of the molecule is OCCOc1nc(Cl)cs1. The molecule has 3 nitrogen and oxygen atoms in total. The summed E-state index contributed by atoms with van der Waals surface area (Å²) in [6, 6.07) is 0. The molecule has 0 amide bonds. The predicted molar refractivity (Wildman–Crippen MR) is 39.7 cm³/mol. The monoisotopic (exact) mass is 179 g/mol. The van der Waals surface area contributed by atoms with Crippen LogP contribution in [0.1, 0.15) is 0 Å². The average molecular weight is 180 g/mol. The van der Waals surface area contributed by atoms with Crippen molar-refractivity contribution >= 4 is 22.9 Å². The van der Waals surface area contributed by atoms with Crippen LogP contribution in [0.4, 0.5) is 0 Å². The molecule has 0 bridgehead atoms. The highest BCUT2D eigenvalue weighted by molar-refractivity contribution is 7.11. The van der Waals surface area contributed by atoms with Gasteiger partial charge in [0, 0.05) is 5.38 Å². The van der Waals surface area contributed by atoms with Crippen LogP contribution in [-0.2, 0) is 0 Å². The number of thiazole rings is 1. The molecule has 1 N–H and O–H groups in total. The standard InChI is InChI=1S/C5H6ClNO2S/c6-4-3-10-5(7-4)9-2-1-8/h3,8H,1-2H2. The lowest BCUT2D eigenvalue weighted by Gasteiger charge is -1.95. The van der Waals surface area contributed by atoms with Crippen LogP contribution < -0.4 is 4.74 Å². The fraction of sp³-hybridized carbons (Fsp3) is 0.400. The molecule has 10 heavy (non-hydrogen) atoms. The molecule has 0 saturated carbocycles. The highest BCUT2D eigenvalue weighted by Gasteiger charge is 1.98. The second kappa shape index (κ2) is 3.75. The zero-order chi connectivity index (χ0) is 7.40. The smallest absolute Gasteiger partial charge is 0.274 e. The number of halogens is 1. The molecular weight excluding hydrogens is 174 g/mol. The zero-order valence-corrected chi connectivity index (χ0v) is 6.65. The molecule has 0 aromatic carbocycles. The molecule has 1 rings (SSSR count). The van der Waals surface area contributed by atoms with E-state index in [2.05, 4.69) is 4.98 Å². The maximum atomic E-state index is 8.35. The molecule has 1 heterocycles. The average Bonchev–Trinajstić information content (AvgIpc) is 2.31. The molecule has 1 aromatic rings. The Hall–Kier alpha value is -0.320. The third-order valence-corrected chi connectivity index (χ3v) is 1.85. The summed E-state index contributed by atoms with van der Waals surface area (Å²) in [5.74, 6) is 0. The van der Waals surface area contributed by atoms with Crippen molar-refractivity contribution in [1.29, 1.82) is 0 Å². The van der Waals surface area contributed by atoms with E-state index in [0.717, 1.165) is 0 Å². The summed E-state index contributed by atoms with van der Waals surface area (Å²) >= 11 is 6.81. The van der Waals surface area contributed by atoms with Gasteiger partial charge >= 0.3 is 0 Å². The van der Waals surface area contributed by atoms with Crippen LogP contribution in [-0.4, -0.2) is 23.3 Å². The normalized spacial score (nSPS) is 9.80. The van der Waals surface area contributed by atoms with Gasteiger partial charge in [0.2, 0.25) is 0 Å². The summed E-state index contributed by atoms with van der Waals surface area (Å²) in [5, 5.41) is 11.0. The van der Waals surface area contributed by atoms with Crippen LogP contribution in [0.3, 0.4) is 0 Å². The number of hydrogen-bond donors (Lipinski definition) is 1. The van der Waals surface area contributed by atoms with Gasteiger partial charge in [-0.05, 0) is 0 Å². The molecule has 0 atom stereocenters. The van der Waals surface area contributed by atoms with Crippen molar-refractivity contribution in [2.45, 2.75) is 0 Å². The van der Waals surface area contributed by atoms with Gasteiger partial charge < -0.3 is 9.84 Å². The Morgan fingerprint density at radius 3 is 3.10 bits per heavy atom. The first-order valence-corrected chi connectivity index (χ1v) is 3.93. The minimum atomic E-state index is -0.00278. The number of nitrogens with zero attached hydrogens (tertiary/aromatic N) is 1. The Kier molecular flexibility index (Phi) is 2.92. The van der Waals surface area contributed by atoms with E-state index in [1.807, 2.05) is 0 Å². The zero-order valence-electron chi connectivity index (χ0n) is 5.08. The molecule has 56 valence electrons. The van der Waals surface area contributed by atoms with Gasteiger partial charge in [-0.3, -0.25) is 0 Å². The predicted octanol–water partition coefficient (Wildman–Crippen LogP) is 1.17. The maximum Gasteiger partial charge on any atom is 0.274 e. The number of rotatable bonds is 3. The Morgan fingerprint density at radius 2 is 2.60 bits per heavy atom. The van der Waals surface area contributed by atoms with Crippen LogP contribution in [0.5, 0.6) is 5.19 Å². The van der Waals surface area contributed by atoms with Crippen LogP contribution in [0.2, 0.25) is 5.15 Å². The van der Waals surface area contributed by atoms with E-state index in [4.69, 9.17) is 21.4 Å². The number of hydrogen-bond acceptors (Lipinski definition) is 4. The van der Waals surface area contributed by atoms with Crippen molar-refractivity contribution in [3.05, 3.63) is 10.5 Å². The van der Waals surface area contributed by atoms with Crippen molar-refractivity contribution < 1.29 is 9.84 Å². The van der Waals surface area contributed by atoms with Crippen LogP contribution >= 0.6 is 22.9 Å². The summed E-state index contributed by atoms with van der Waals surface area (Å²) in [7, 11) is 0. The van der Waals surface area contributed by atoms with Gasteiger partial charge in [0.25, 0.3) is 5.19 Å². The van der Waals surface area contributed by atoms with E-state index < -0.39 is 0 Å². The van der Waals surface area contributed by atoms with Crippen molar-refractivity contribution in [2.75, 3.05) is 13.2 Å². The molecule has 0 radical (unpaired) electrons. The van der Waals surface area contributed by atoms with Gasteiger partial charge in [-0.2, -0.15) is 4.98 Å². The third kappa shape index (κ3) is 2.13. The summed E-state index contributed by atoms with van der Waals surface area (Å²) in [4.78, 5) is 3.80. The van der Waals surface area contributed by atoms with Crippen LogP contribution in [0.25, 0.3) is 0 Å². The lowest BCUT2D eigenvalue weighted by Crippen LogP contribution is -2.00. The quantitative estimate of drug-likeness (QED) is 0.758. The highest BCUT2D eigenvalue weighted by Crippen LogP contribution is 2.20. The summed E-state index contributed by atoms with van der Waals surface area (Å²) in [5.41, 5.74) is 0. The van der Waals surface area contributed by atoms with Gasteiger partial charge in [-0.1, -0.05) is 22.9 Å². The van der Waals surface area contributed by atoms with E-state index in [0.29, 0.717) is 10.3 Å². The van der Waals surface area contributed by atoms with Crippen molar-refractivity contribution in [3.63, 3.8) is 0 Å². The molecule has 0 spiro atoms. The largest absolute Gasteiger partial charge is 0.468 e. The first-order chi connectivity index (χ1) is 4.83. The molecular formula is C5H6ClNO2S. The van der Waals surface area contributed by atoms with Crippen molar-refractivity contribution in [3.8, 4) is 5.19 Å². The van der Waals surface area contributed by atoms with Gasteiger partial charge in [0.05, 0.1) is 6.61 Å². The molecule has 0 saturated heterocycles. The molecule has 5 heteroatoms. The van der Waals surface area contributed by atoms with Gasteiger partial charge in [-0.25, -0.2) is 0 Å².